The molecule has 0 aliphatic rings. The third-order valence-electron chi connectivity index (χ3n) is 2.82. The van der Waals surface area contributed by atoms with Crippen LogP contribution >= 0.6 is 11.3 Å². The Morgan fingerprint density at radius 2 is 2.18 bits per heavy atom. The van der Waals surface area contributed by atoms with Gasteiger partial charge in [0.15, 0.2) is 0 Å². The van der Waals surface area contributed by atoms with E-state index >= 15 is 0 Å². The predicted molar refractivity (Wildman–Crippen MR) is 72.5 cm³/mol. The number of unbranched alkanes of at least 4 members (excludes halogenated alkanes) is 3. The van der Waals surface area contributed by atoms with Crippen molar-refractivity contribution in [2.75, 3.05) is 6.61 Å². The Kier molecular flexibility index (Phi) is 6.94. The van der Waals surface area contributed by atoms with Crippen LogP contribution in [0.2, 0.25) is 0 Å². The molecule has 1 heterocycles. The molecule has 0 N–H and O–H groups in total. The highest BCUT2D eigenvalue weighted by molar-refractivity contribution is 7.10. The SMILES string of the molecule is CCCCCCOC(=O)C(CC)c1cccs1. The lowest BCUT2D eigenvalue weighted by molar-refractivity contribution is -0.145. The zero-order chi connectivity index (χ0) is 12.5. The van der Waals surface area contributed by atoms with Crippen molar-refractivity contribution in [3.8, 4) is 0 Å². The van der Waals surface area contributed by atoms with Gasteiger partial charge in [0.05, 0.1) is 12.5 Å². The standard InChI is InChI=1S/C14H22O2S/c1-3-5-6-7-10-16-14(15)12(4-2)13-9-8-11-17-13/h8-9,11-12H,3-7,10H2,1-2H3. The van der Waals surface area contributed by atoms with Crippen LogP contribution in [-0.4, -0.2) is 12.6 Å². The second kappa shape index (κ2) is 8.29. The third-order valence-corrected chi connectivity index (χ3v) is 3.81. The Hall–Kier alpha value is -0.830. The Morgan fingerprint density at radius 1 is 1.35 bits per heavy atom. The fourth-order valence-electron chi connectivity index (χ4n) is 1.78. The van der Waals surface area contributed by atoms with Crippen molar-refractivity contribution in [1.29, 1.82) is 0 Å². The van der Waals surface area contributed by atoms with E-state index in [9.17, 15) is 4.79 Å². The molecule has 0 aliphatic heterocycles. The molecule has 17 heavy (non-hydrogen) atoms. The first-order valence-corrected chi connectivity index (χ1v) is 7.37. The van der Waals surface area contributed by atoms with Crippen molar-refractivity contribution in [3.05, 3.63) is 22.4 Å². The molecule has 1 aromatic rings. The lowest BCUT2D eigenvalue weighted by Gasteiger charge is -2.12. The van der Waals surface area contributed by atoms with Crippen molar-refractivity contribution in [3.63, 3.8) is 0 Å². The summed E-state index contributed by atoms with van der Waals surface area (Å²) in [6.45, 7) is 4.78. The van der Waals surface area contributed by atoms with E-state index in [1.54, 1.807) is 11.3 Å². The second-order valence-electron chi connectivity index (χ2n) is 4.20. The largest absolute Gasteiger partial charge is 0.465 e. The fraction of sp³-hybridized carbons (Fsp3) is 0.643. The van der Waals surface area contributed by atoms with Crippen LogP contribution in [0.15, 0.2) is 17.5 Å². The normalized spacial score (nSPS) is 12.4. The molecule has 1 unspecified atom stereocenters. The van der Waals surface area contributed by atoms with E-state index in [2.05, 4.69) is 6.92 Å². The molecule has 1 rings (SSSR count). The van der Waals surface area contributed by atoms with E-state index in [0.717, 1.165) is 24.1 Å². The van der Waals surface area contributed by atoms with Gasteiger partial charge in [-0.25, -0.2) is 0 Å². The van der Waals surface area contributed by atoms with E-state index < -0.39 is 0 Å². The molecule has 0 saturated carbocycles. The van der Waals surface area contributed by atoms with Gasteiger partial charge in [-0.3, -0.25) is 4.79 Å². The Bertz CT molecular complexity index is 306. The number of rotatable bonds is 8. The van der Waals surface area contributed by atoms with Gasteiger partial charge in [-0.05, 0) is 24.3 Å². The lowest BCUT2D eigenvalue weighted by atomic mass is 10.1. The third kappa shape index (κ3) is 4.90. The van der Waals surface area contributed by atoms with Crippen LogP contribution in [0.5, 0.6) is 0 Å². The molecule has 2 nitrogen and oxygen atoms in total. The number of hydrogen-bond acceptors (Lipinski definition) is 3. The molecular weight excluding hydrogens is 232 g/mol. The predicted octanol–water partition coefficient (Wildman–Crippen LogP) is 4.37. The van der Waals surface area contributed by atoms with Gasteiger partial charge < -0.3 is 4.74 Å². The summed E-state index contributed by atoms with van der Waals surface area (Å²) in [7, 11) is 0. The molecule has 0 aromatic carbocycles. The lowest BCUT2D eigenvalue weighted by Crippen LogP contribution is -2.15. The molecule has 0 aliphatic carbocycles. The number of esters is 1. The highest BCUT2D eigenvalue weighted by Gasteiger charge is 2.20. The summed E-state index contributed by atoms with van der Waals surface area (Å²) in [6.07, 6.45) is 5.38. The van der Waals surface area contributed by atoms with Crippen LogP contribution in [0.3, 0.4) is 0 Å². The fourth-order valence-corrected chi connectivity index (χ4v) is 2.67. The van der Waals surface area contributed by atoms with Crippen LogP contribution in [0.1, 0.15) is 56.7 Å². The zero-order valence-corrected chi connectivity index (χ0v) is 11.6. The van der Waals surface area contributed by atoms with E-state index in [-0.39, 0.29) is 11.9 Å². The number of thiophene rings is 1. The molecule has 3 heteroatoms. The Balaban J connectivity index is 2.30. The molecule has 96 valence electrons. The molecule has 0 spiro atoms. The van der Waals surface area contributed by atoms with E-state index in [1.807, 2.05) is 24.4 Å². The summed E-state index contributed by atoms with van der Waals surface area (Å²) in [5.41, 5.74) is 0. The van der Waals surface area contributed by atoms with Crippen LogP contribution in [0, 0.1) is 0 Å². The first-order chi connectivity index (χ1) is 8.29. The molecule has 1 aromatic heterocycles. The van der Waals surface area contributed by atoms with Crippen molar-refractivity contribution < 1.29 is 9.53 Å². The molecular formula is C14H22O2S. The molecule has 0 fully saturated rings. The maximum Gasteiger partial charge on any atom is 0.314 e. The van der Waals surface area contributed by atoms with Crippen LogP contribution in [-0.2, 0) is 9.53 Å². The van der Waals surface area contributed by atoms with Gasteiger partial charge in [0.1, 0.15) is 0 Å². The topological polar surface area (TPSA) is 26.3 Å². The summed E-state index contributed by atoms with van der Waals surface area (Å²) in [5.74, 6) is -0.132. The van der Waals surface area contributed by atoms with Crippen LogP contribution < -0.4 is 0 Å². The van der Waals surface area contributed by atoms with Gasteiger partial charge in [-0.1, -0.05) is 39.2 Å². The molecule has 1 atom stereocenters. The van der Waals surface area contributed by atoms with Gasteiger partial charge in [0.25, 0.3) is 0 Å². The van der Waals surface area contributed by atoms with E-state index in [0.29, 0.717) is 6.61 Å². The van der Waals surface area contributed by atoms with Gasteiger partial charge >= 0.3 is 5.97 Å². The molecule has 0 bridgehead atoms. The molecule has 0 amide bonds. The van der Waals surface area contributed by atoms with Crippen molar-refractivity contribution in [2.45, 2.75) is 51.9 Å². The number of hydrogen-bond donors (Lipinski definition) is 0. The smallest absolute Gasteiger partial charge is 0.314 e. The van der Waals surface area contributed by atoms with Crippen molar-refractivity contribution in [1.82, 2.24) is 0 Å². The molecule has 0 saturated heterocycles. The molecule has 0 radical (unpaired) electrons. The minimum atomic E-state index is -0.0684. The van der Waals surface area contributed by atoms with E-state index in [4.69, 9.17) is 4.74 Å². The summed E-state index contributed by atoms with van der Waals surface area (Å²) in [6, 6.07) is 3.99. The van der Waals surface area contributed by atoms with Gasteiger partial charge in [0.2, 0.25) is 0 Å². The van der Waals surface area contributed by atoms with Gasteiger partial charge in [0, 0.05) is 4.88 Å². The van der Waals surface area contributed by atoms with Crippen molar-refractivity contribution >= 4 is 17.3 Å². The second-order valence-corrected chi connectivity index (χ2v) is 5.18. The van der Waals surface area contributed by atoms with Crippen molar-refractivity contribution in [2.24, 2.45) is 0 Å². The minimum Gasteiger partial charge on any atom is -0.465 e. The number of ether oxygens (including phenoxy) is 1. The first-order valence-electron chi connectivity index (χ1n) is 6.49. The van der Waals surface area contributed by atoms with E-state index in [1.165, 1.54) is 12.8 Å². The number of carbonyl (C=O) groups excluding carboxylic acids is 1. The summed E-state index contributed by atoms with van der Waals surface area (Å²) < 4.78 is 5.33. The monoisotopic (exact) mass is 254 g/mol. The summed E-state index contributed by atoms with van der Waals surface area (Å²) in [5, 5.41) is 2.01. The van der Waals surface area contributed by atoms with Gasteiger partial charge in [-0.2, -0.15) is 0 Å². The first kappa shape index (κ1) is 14.2. The van der Waals surface area contributed by atoms with Crippen LogP contribution in [0.4, 0.5) is 0 Å². The summed E-state index contributed by atoms with van der Waals surface area (Å²) >= 11 is 1.63. The zero-order valence-electron chi connectivity index (χ0n) is 10.8. The van der Waals surface area contributed by atoms with Crippen LogP contribution in [0.25, 0.3) is 0 Å². The Morgan fingerprint density at radius 3 is 2.76 bits per heavy atom. The maximum absolute atomic E-state index is 11.9. The van der Waals surface area contributed by atoms with Gasteiger partial charge in [-0.15, -0.1) is 11.3 Å². The Labute approximate surface area is 108 Å². The minimum absolute atomic E-state index is 0.0635. The maximum atomic E-state index is 11.9. The summed E-state index contributed by atoms with van der Waals surface area (Å²) in [4.78, 5) is 13.0. The average Bonchev–Trinajstić information content (AvgIpc) is 2.83. The number of carbonyl (C=O) groups is 1. The highest BCUT2D eigenvalue weighted by Crippen LogP contribution is 2.25. The average molecular weight is 254 g/mol. The quantitative estimate of drug-likeness (QED) is 0.509. The highest BCUT2D eigenvalue weighted by atomic mass is 32.1.